The lowest BCUT2D eigenvalue weighted by Crippen LogP contribution is -2.26. The molecule has 0 aliphatic carbocycles. The molecule has 1 atom stereocenters. The molecular weight excluding hydrogens is 372 g/mol. The topological polar surface area (TPSA) is 61.2 Å². The van der Waals surface area contributed by atoms with Crippen molar-refractivity contribution in [2.45, 2.75) is 44.0 Å². The molecule has 0 radical (unpaired) electrons. The minimum absolute atomic E-state index is 0.137. The van der Waals surface area contributed by atoms with Gasteiger partial charge in [-0.2, -0.15) is 0 Å². The summed E-state index contributed by atoms with van der Waals surface area (Å²) in [7, 11) is 0. The summed E-state index contributed by atoms with van der Waals surface area (Å²) in [5.74, 6) is -0.270. The SMILES string of the molecule is CCC[C@H](Sc1nc2ccccc2c(=O)n1-c1ccccc1C)C(=O)OCC. The minimum Gasteiger partial charge on any atom is -0.465 e. The number of benzene rings is 2. The van der Waals surface area contributed by atoms with E-state index in [1.165, 1.54) is 11.8 Å². The van der Waals surface area contributed by atoms with Crippen molar-refractivity contribution in [3.8, 4) is 5.69 Å². The number of rotatable bonds is 7. The van der Waals surface area contributed by atoms with E-state index < -0.39 is 5.25 Å². The van der Waals surface area contributed by atoms with Gasteiger partial charge in [0, 0.05) is 0 Å². The van der Waals surface area contributed by atoms with Crippen molar-refractivity contribution in [1.29, 1.82) is 0 Å². The van der Waals surface area contributed by atoms with Crippen LogP contribution in [-0.2, 0) is 9.53 Å². The van der Waals surface area contributed by atoms with Crippen LogP contribution in [0.1, 0.15) is 32.3 Å². The fourth-order valence-corrected chi connectivity index (χ4v) is 4.28. The molecule has 3 rings (SSSR count). The van der Waals surface area contributed by atoms with Gasteiger partial charge in [0.15, 0.2) is 5.16 Å². The first-order valence-electron chi connectivity index (χ1n) is 9.47. The Morgan fingerprint density at radius 1 is 1.14 bits per heavy atom. The van der Waals surface area contributed by atoms with Gasteiger partial charge in [0.05, 0.1) is 23.2 Å². The van der Waals surface area contributed by atoms with Gasteiger partial charge in [-0.3, -0.25) is 14.2 Å². The fraction of sp³-hybridized carbons (Fsp3) is 0.318. The molecule has 0 spiro atoms. The number of aryl methyl sites for hydroxylation is 1. The summed E-state index contributed by atoms with van der Waals surface area (Å²) in [6, 6.07) is 15.0. The predicted octanol–water partition coefficient (Wildman–Crippen LogP) is 4.52. The summed E-state index contributed by atoms with van der Waals surface area (Å²) < 4.78 is 6.86. The van der Waals surface area contributed by atoms with E-state index in [1.54, 1.807) is 17.6 Å². The Labute approximate surface area is 168 Å². The van der Waals surface area contributed by atoms with Crippen LogP contribution in [0.5, 0.6) is 0 Å². The van der Waals surface area contributed by atoms with Crippen LogP contribution in [0.25, 0.3) is 16.6 Å². The van der Waals surface area contributed by atoms with Crippen molar-refractivity contribution in [3.05, 3.63) is 64.4 Å². The zero-order chi connectivity index (χ0) is 20.1. The number of aromatic nitrogens is 2. The fourth-order valence-electron chi connectivity index (χ4n) is 3.07. The normalized spacial score (nSPS) is 12.1. The van der Waals surface area contributed by atoms with Gasteiger partial charge in [-0.15, -0.1) is 0 Å². The zero-order valence-corrected chi connectivity index (χ0v) is 17.2. The molecule has 3 aromatic rings. The van der Waals surface area contributed by atoms with Crippen LogP contribution in [0.3, 0.4) is 0 Å². The lowest BCUT2D eigenvalue weighted by molar-refractivity contribution is -0.142. The first-order valence-corrected chi connectivity index (χ1v) is 10.4. The van der Waals surface area contributed by atoms with Gasteiger partial charge < -0.3 is 4.74 Å². The average molecular weight is 397 g/mol. The number of para-hydroxylation sites is 2. The van der Waals surface area contributed by atoms with Crippen LogP contribution in [0, 0.1) is 6.92 Å². The van der Waals surface area contributed by atoms with E-state index in [2.05, 4.69) is 0 Å². The monoisotopic (exact) mass is 396 g/mol. The van der Waals surface area contributed by atoms with E-state index >= 15 is 0 Å². The molecule has 1 heterocycles. The first-order chi connectivity index (χ1) is 13.6. The second-order valence-corrected chi connectivity index (χ2v) is 7.66. The molecule has 0 bridgehead atoms. The number of thioether (sulfide) groups is 1. The molecule has 6 heteroatoms. The summed E-state index contributed by atoms with van der Waals surface area (Å²) in [5.41, 5.74) is 2.22. The quantitative estimate of drug-likeness (QED) is 0.334. The Bertz CT molecular complexity index is 1050. The number of carbonyl (C=O) groups is 1. The first kappa shape index (κ1) is 20.1. The Hall–Kier alpha value is -2.60. The molecule has 28 heavy (non-hydrogen) atoms. The maximum absolute atomic E-state index is 13.3. The Kier molecular flexibility index (Phi) is 6.52. The van der Waals surface area contributed by atoms with E-state index in [0.29, 0.717) is 29.1 Å². The molecule has 0 unspecified atom stereocenters. The summed E-state index contributed by atoms with van der Waals surface area (Å²) in [6.07, 6.45) is 1.48. The van der Waals surface area contributed by atoms with Gasteiger partial charge in [-0.1, -0.05) is 55.4 Å². The molecule has 0 aliphatic rings. The average Bonchev–Trinajstić information content (AvgIpc) is 2.69. The second-order valence-electron chi connectivity index (χ2n) is 6.49. The molecule has 146 valence electrons. The number of esters is 1. The van der Waals surface area contributed by atoms with Gasteiger partial charge in [-0.05, 0) is 44.0 Å². The molecule has 0 saturated heterocycles. The lowest BCUT2D eigenvalue weighted by Gasteiger charge is -2.18. The number of fused-ring (bicyclic) bond motifs is 1. The molecule has 0 fully saturated rings. The molecule has 2 aromatic carbocycles. The maximum atomic E-state index is 13.3. The van der Waals surface area contributed by atoms with Crippen LogP contribution >= 0.6 is 11.8 Å². The van der Waals surface area contributed by atoms with E-state index in [9.17, 15) is 9.59 Å². The predicted molar refractivity (Wildman–Crippen MR) is 113 cm³/mol. The van der Waals surface area contributed by atoms with Gasteiger partial charge in [0.25, 0.3) is 5.56 Å². The minimum atomic E-state index is -0.409. The number of hydrogen-bond acceptors (Lipinski definition) is 5. The van der Waals surface area contributed by atoms with E-state index in [4.69, 9.17) is 9.72 Å². The van der Waals surface area contributed by atoms with Crippen molar-refractivity contribution in [2.24, 2.45) is 0 Å². The second kappa shape index (κ2) is 9.06. The van der Waals surface area contributed by atoms with Gasteiger partial charge >= 0.3 is 5.97 Å². The molecular formula is C22H24N2O3S. The number of nitrogens with zero attached hydrogens (tertiary/aromatic N) is 2. The van der Waals surface area contributed by atoms with Crippen molar-refractivity contribution in [1.82, 2.24) is 9.55 Å². The lowest BCUT2D eigenvalue weighted by atomic mass is 10.2. The Morgan fingerprint density at radius 3 is 2.57 bits per heavy atom. The number of hydrogen-bond donors (Lipinski definition) is 0. The highest BCUT2D eigenvalue weighted by Crippen LogP contribution is 2.29. The van der Waals surface area contributed by atoms with Crippen LogP contribution in [0.4, 0.5) is 0 Å². The summed E-state index contributed by atoms with van der Waals surface area (Å²) in [6.45, 7) is 6.10. The molecule has 1 aromatic heterocycles. The standard InChI is InChI=1S/C22H24N2O3S/c1-4-10-19(21(26)27-5-2)28-22-23-17-13-8-7-12-16(17)20(25)24(22)18-14-9-6-11-15(18)3/h6-9,11-14,19H,4-5,10H2,1-3H3/t19-/m0/s1. The molecule has 0 N–H and O–H groups in total. The highest BCUT2D eigenvalue weighted by atomic mass is 32.2. The largest absolute Gasteiger partial charge is 0.465 e. The smallest absolute Gasteiger partial charge is 0.319 e. The van der Waals surface area contributed by atoms with Crippen molar-refractivity contribution in [2.75, 3.05) is 6.61 Å². The van der Waals surface area contributed by atoms with Gasteiger partial charge in [-0.25, -0.2) is 4.98 Å². The summed E-state index contributed by atoms with van der Waals surface area (Å²) in [4.78, 5) is 30.5. The molecule has 0 saturated carbocycles. The maximum Gasteiger partial charge on any atom is 0.319 e. The van der Waals surface area contributed by atoms with E-state index in [1.807, 2.05) is 56.3 Å². The zero-order valence-electron chi connectivity index (χ0n) is 16.3. The Morgan fingerprint density at radius 2 is 1.86 bits per heavy atom. The summed E-state index contributed by atoms with van der Waals surface area (Å²) >= 11 is 1.30. The van der Waals surface area contributed by atoms with E-state index in [-0.39, 0.29) is 11.5 Å². The Balaban J connectivity index is 2.20. The third kappa shape index (κ3) is 4.12. The number of carbonyl (C=O) groups excluding carboxylic acids is 1. The van der Waals surface area contributed by atoms with E-state index in [0.717, 1.165) is 17.7 Å². The van der Waals surface area contributed by atoms with Crippen LogP contribution in [0.15, 0.2) is 58.5 Å². The van der Waals surface area contributed by atoms with Crippen LogP contribution < -0.4 is 5.56 Å². The number of ether oxygens (including phenoxy) is 1. The van der Waals surface area contributed by atoms with Crippen LogP contribution in [-0.4, -0.2) is 27.4 Å². The molecule has 0 aliphatic heterocycles. The highest BCUT2D eigenvalue weighted by Gasteiger charge is 2.24. The highest BCUT2D eigenvalue weighted by molar-refractivity contribution is 8.00. The molecule has 0 amide bonds. The van der Waals surface area contributed by atoms with Gasteiger partial charge in [0.1, 0.15) is 5.25 Å². The third-order valence-electron chi connectivity index (χ3n) is 4.45. The molecule has 5 nitrogen and oxygen atoms in total. The van der Waals surface area contributed by atoms with Crippen LogP contribution in [0.2, 0.25) is 0 Å². The van der Waals surface area contributed by atoms with Gasteiger partial charge in [0.2, 0.25) is 0 Å². The van der Waals surface area contributed by atoms with Crippen molar-refractivity contribution >= 4 is 28.6 Å². The third-order valence-corrected chi connectivity index (χ3v) is 5.65. The van der Waals surface area contributed by atoms with Crippen molar-refractivity contribution in [3.63, 3.8) is 0 Å². The van der Waals surface area contributed by atoms with Crippen molar-refractivity contribution < 1.29 is 9.53 Å². The summed E-state index contributed by atoms with van der Waals surface area (Å²) in [5, 5.41) is 0.649.